The average Bonchev–Trinajstić information content (AvgIpc) is 2.71. The fraction of sp³-hybridized carbons (Fsp3) is 0.476. The van der Waals surface area contributed by atoms with Gasteiger partial charge in [0.05, 0.1) is 16.3 Å². The number of benzene rings is 1. The maximum atomic E-state index is 13.9. The van der Waals surface area contributed by atoms with E-state index in [-0.39, 0.29) is 16.4 Å². The largest absolute Gasteiger partial charge is 0.381 e. The third kappa shape index (κ3) is 6.42. The van der Waals surface area contributed by atoms with Gasteiger partial charge in [0.25, 0.3) is 9.84 Å². The van der Waals surface area contributed by atoms with Gasteiger partial charge in [-0.1, -0.05) is 31.6 Å². The number of rotatable bonds is 10. The molecular formula is C21H28N2O8S3. The van der Waals surface area contributed by atoms with Gasteiger partial charge in [0.15, 0.2) is 10.7 Å². The van der Waals surface area contributed by atoms with Gasteiger partial charge >= 0.3 is 15.7 Å². The quantitative estimate of drug-likeness (QED) is 0.146. The first-order valence-electron chi connectivity index (χ1n) is 10.4. The summed E-state index contributed by atoms with van der Waals surface area (Å²) in [6, 6.07) is 5.29. The topological polar surface area (TPSA) is 157 Å². The van der Waals surface area contributed by atoms with Crippen LogP contribution in [-0.2, 0) is 34.5 Å². The van der Waals surface area contributed by atoms with E-state index in [0.717, 1.165) is 18.2 Å². The second-order valence-corrected chi connectivity index (χ2v) is 14.2. The average molecular weight is 533 g/mol. The minimum absolute atomic E-state index is 0.277. The number of ether oxygens (including phenoxy) is 1. The molecule has 34 heavy (non-hydrogen) atoms. The fourth-order valence-electron chi connectivity index (χ4n) is 3.20. The normalized spacial score (nSPS) is 19.2. The highest BCUT2D eigenvalue weighted by Crippen LogP contribution is 2.42. The smallest absolute Gasteiger partial charge is 0.374 e. The highest BCUT2D eigenvalue weighted by Gasteiger charge is 2.49. The molecule has 0 heterocycles. The van der Waals surface area contributed by atoms with Crippen molar-refractivity contribution in [1.29, 1.82) is 0 Å². The minimum Gasteiger partial charge on any atom is -0.381 e. The first kappa shape index (κ1) is 27.9. The van der Waals surface area contributed by atoms with E-state index in [4.69, 9.17) is 14.5 Å². The van der Waals surface area contributed by atoms with Gasteiger partial charge in [-0.15, -0.1) is 0 Å². The molecule has 0 fully saturated rings. The maximum Gasteiger partial charge on any atom is 0.374 e. The number of para-hydroxylation sites is 1. The van der Waals surface area contributed by atoms with E-state index in [1.807, 2.05) is 6.92 Å². The van der Waals surface area contributed by atoms with Gasteiger partial charge in [0, 0.05) is 6.42 Å². The lowest BCUT2D eigenvalue weighted by atomic mass is 10.1. The van der Waals surface area contributed by atoms with Crippen LogP contribution >= 0.6 is 0 Å². The van der Waals surface area contributed by atoms with Crippen molar-refractivity contribution in [1.82, 2.24) is 0 Å². The van der Waals surface area contributed by atoms with Crippen LogP contribution in [0.5, 0.6) is 5.75 Å². The summed E-state index contributed by atoms with van der Waals surface area (Å²) in [5, 5.41) is 0. The Hall–Kier alpha value is -2.31. The minimum atomic E-state index is -4.48. The monoisotopic (exact) mass is 532 g/mol. The summed E-state index contributed by atoms with van der Waals surface area (Å²) in [4.78, 5) is -0.225. The first-order chi connectivity index (χ1) is 15.6. The van der Waals surface area contributed by atoms with Crippen molar-refractivity contribution in [2.45, 2.75) is 62.4 Å². The molecule has 2 rings (SSSR count). The molecule has 13 heteroatoms. The van der Waals surface area contributed by atoms with Crippen molar-refractivity contribution in [3.8, 4) is 5.75 Å². The fourth-order valence-corrected chi connectivity index (χ4v) is 7.13. The van der Waals surface area contributed by atoms with Crippen molar-refractivity contribution in [2.75, 3.05) is 5.75 Å². The zero-order valence-corrected chi connectivity index (χ0v) is 21.8. The van der Waals surface area contributed by atoms with Crippen LogP contribution in [0, 0.1) is 0 Å². The highest BCUT2D eigenvalue weighted by molar-refractivity contribution is 8.07. The number of hydrogen-bond acceptors (Lipinski definition) is 8. The first-order valence-corrected chi connectivity index (χ1v) is 15.0. The summed E-state index contributed by atoms with van der Waals surface area (Å²) in [5.41, 5.74) is 7.94. The molecule has 0 N–H and O–H groups in total. The Morgan fingerprint density at radius 3 is 2.29 bits per heavy atom. The van der Waals surface area contributed by atoms with Crippen LogP contribution in [0.15, 0.2) is 52.3 Å². The second kappa shape index (κ2) is 10.1. The number of unbranched alkanes of at least 4 members (excludes halogenated alkanes) is 1. The third-order valence-electron chi connectivity index (χ3n) is 4.64. The molecule has 0 amide bonds. The maximum absolute atomic E-state index is 13.9. The summed E-state index contributed by atoms with van der Waals surface area (Å²) < 4.78 is 88.0. The van der Waals surface area contributed by atoms with Crippen LogP contribution in [0.25, 0.3) is 5.53 Å². The molecule has 0 saturated heterocycles. The van der Waals surface area contributed by atoms with Gasteiger partial charge in [-0.3, -0.25) is 0 Å². The van der Waals surface area contributed by atoms with Crippen molar-refractivity contribution < 1.29 is 39.0 Å². The van der Waals surface area contributed by atoms with Gasteiger partial charge in [-0.05, 0) is 51.5 Å². The molecule has 10 nitrogen and oxygen atoms in total. The van der Waals surface area contributed by atoms with E-state index in [1.54, 1.807) is 20.8 Å². The number of allylic oxidation sites excluding steroid dienone is 1. The predicted octanol–water partition coefficient (Wildman–Crippen LogP) is 3.00. The van der Waals surface area contributed by atoms with E-state index in [9.17, 15) is 25.3 Å². The van der Waals surface area contributed by atoms with E-state index in [0.29, 0.717) is 18.4 Å². The molecule has 1 aliphatic rings. The summed E-state index contributed by atoms with van der Waals surface area (Å²) in [5.74, 6) is -0.656. The summed E-state index contributed by atoms with van der Waals surface area (Å²) in [6.45, 7) is 6.70. The van der Waals surface area contributed by atoms with Crippen LogP contribution in [-0.4, -0.2) is 51.9 Å². The molecule has 0 spiro atoms. The van der Waals surface area contributed by atoms with Crippen LogP contribution in [0.2, 0.25) is 0 Å². The molecular weight excluding hydrogens is 504 g/mol. The lowest BCUT2D eigenvalue weighted by molar-refractivity contribution is -0.0605. The number of hydrogen-bond donors (Lipinski definition) is 0. The molecule has 0 bridgehead atoms. The SMILES string of the molecule is CCCCS(=O)(=O)Oc1ccccc1S(=O)(=O)C1(OC(C)(C)C)C=CC(S(=O)(=O)C=[N+]=[N-])=CC1. The van der Waals surface area contributed by atoms with E-state index >= 15 is 0 Å². The van der Waals surface area contributed by atoms with E-state index in [1.165, 1.54) is 24.3 Å². The van der Waals surface area contributed by atoms with Gasteiger partial charge < -0.3 is 14.5 Å². The van der Waals surface area contributed by atoms with Gasteiger partial charge in [0.1, 0.15) is 4.90 Å². The Balaban J connectivity index is 2.62. The molecule has 1 atom stereocenters. The predicted molar refractivity (Wildman–Crippen MR) is 127 cm³/mol. The highest BCUT2D eigenvalue weighted by atomic mass is 32.2. The Labute approximate surface area is 200 Å². The summed E-state index contributed by atoms with van der Waals surface area (Å²) >= 11 is 0. The Bertz CT molecular complexity index is 1350. The van der Waals surface area contributed by atoms with Crippen molar-refractivity contribution in [3.63, 3.8) is 0 Å². The van der Waals surface area contributed by atoms with Crippen LogP contribution in [0.3, 0.4) is 0 Å². The Morgan fingerprint density at radius 2 is 1.76 bits per heavy atom. The van der Waals surface area contributed by atoms with Gasteiger partial charge in [-0.2, -0.15) is 13.2 Å². The number of sulfone groups is 2. The zero-order chi connectivity index (χ0) is 25.8. The van der Waals surface area contributed by atoms with Gasteiger partial charge in [-0.25, -0.2) is 16.8 Å². The molecule has 0 aliphatic heterocycles. The molecule has 188 valence electrons. The molecule has 1 aromatic rings. The van der Waals surface area contributed by atoms with Crippen molar-refractivity contribution >= 4 is 35.3 Å². The lowest BCUT2D eigenvalue weighted by Crippen LogP contribution is -2.46. The standard InChI is InChI=1S/C21H28N2O8S3/c1-5-6-15-33(26,27)30-18-9-7-8-10-19(18)34(28,29)21(31-20(2,3)4)13-11-17(12-14-21)32(24,25)16-23-22/h7-13,16H,5-6,14-15H2,1-4H3. The zero-order valence-electron chi connectivity index (χ0n) is 19.3. The van der Waals surface area contributed by atoms with E-state index < -0.39 is 51.6 Å². The van der Waals surface area contributed by atoms with Crippen molar-refractivity contribution in [3.05, 3.63) is 52.9 Å². The van der Waals surface area contributed by atoms with E-state index in [2.05, 4.69) is 4.79 Å². The van der Waals surface area contributed by atoms with Crippen LogP contribution in [0.1, 0.15) is 47.0 Å². The molecule has 0 aromatic heterocycles. The van der Waals surface area contributed by atoms with Crippen molar-refractivity contribution in [2.24, 2.45) is 0 Å². The number of nitrogens with zero attached hydrogens (tertiary/aromatic N) is 2. The molecule has 0 saturated carbocycles. The summed E-state index contributed by atoms with van der Waals surface area (Å²) in [7, 11) is -12.6. The third-order valence-corrected chi connectivity index (χ3v) is 9.41. The Morgan fingerprint density at radius 1 is 1.12 bits per heavy atom. The molecule has 1 unspecified atom stereocenters. The molecule has 0 radical (unpaired) electrons. The summed E-state index contributed by atoms with van der Waals surface area (Å²) in [6.07, 6.45) is 3.82. The van der Waals surface area contributed by atoms with Crippen LogP contribution in [0.4, 0.5) is 0 Å². The Kier molecular flexibility index (Phi) is 8.32. The second-order valence-electron chi connectivity index (χ2n) is 8.58. The lowest BCUT2D eigenvalue weighted by Gasteiger charge is -2.37. The van der Waals surface area contributed by atoms with Crippen LogP contribution < -0.4 is 4.18 Å². The molecule has 1 aromatic carbocycles. The molecule has 1 aliphatic carbocycles. The van der Waals surface area contributed by atoms with Gasteiger partial charge in [0.2, 0.25) is 9.84 Å².